The molecule has 3 aromatic heterocycles. The maximum atomic E-state index is 13.6. The summed E-state index contributed by atoms with van der Waals surface area (Å²) in [5.41, 5.74) is 7.80. The van der Waals surface area contributed by atoms with Gasteiger partial charge in [0.15, 0.2) is 0 Å². The van der Waals surface area contributed by atoms with Crippen LogP contribution in [-0.2, 0) is 6.54 Å². The van der Waals surface area contributed by atoms with Gasteiger partial charge in [-0.1, -0.05) is 11.6 Å². The second-order valence-corrected chi connectivity index (χ2v) is 8.24. The molecule has 4 rings (SSSR count). The Morgan fingerprint density at radius 2 is 1.94 bits per heavy atom. The molecular weight excluding hydrogens is 480 g/mol. The largest absolute Gasteiger partial charge is 0.383 e. The lowest BCUT2D eigenvalue weighted by Crippen LogP contribution is -2.34. The molecule has 0 aliphatic carbocycles. The van der Waals surface area contributed by atoms with E-state index in [0.717, 1.165) is 5.39 Å². The van der Waals surface area contributed by atoms with Crippen molar-refractivity contribution in [2.45, 2.75) is 19.5 Å². The molecule has 7 nitrogen and oxygen atoms in total. The minimum atomic E-state index is -0.377. The van der Waals surface area contributed by atoms with Gasteiger partial charge in [-0.3, -0.25) is 9.78 Å². The molecule has 0 bridgehead atoms. The lowest BCUT2D eigenvalue weighted by molar-refractivity contribution is 0.0663. The first-order valence-corrected chi connectivity index (χ1v) is 10.6. The number of halogens is 2. The van der Waals surface area contributed by atoms with Gasteiger partial charge in [0.1, 0.15) is 11.6 Å². The van der Waals surface area contributed by atoms with Gasteiger partial charge in [-0.25, -0.2) is 15.0 Å². The SMILES string of the molecule is CC(c1ncccn1)N(Cc1ccc(Cl)cn1)C(=O)c1ccc2nc(N)c(Br)cc2c1. The van der Waals surface area contributed by atoms with E-state index in [1.165, 1.54) is 0 Å². The second kappa shape index (κ2) is 8.95. The van der Waals surface area contributed by atoms with Crippen molar-refractivity contribution in [2.75, 3.05) is 5.73 Å². The minimum absolute atomic E-state index is 0.174. The highest BCUT2D eigenvalue weighted by atomic mass is 79.9. The fourth-order valence-electron chi connectivity index (χ4n) is 3.19. The molecule has 1 aromatic carbocycles. The standard InChI is InChI=1S/C22H18BrClN6O/c1-13(21-26-7-2-8-27-21)30(12-17-5-4-16(24)11-28-17)22(31)14-3-6-19-15(9-14)10-18(23)20(25)29-19/h2-11,13H,12H2,1H3,(H2,25,29). The summed E-state index contributed by atoms with van der Waals surface area (Å²) < 4.78 is 0.679. The van der Waals surface area contributed by atoms with Crippen LogP contribution in [0.4, 0.5) is 5.82 Å². The van der Waals surface area contributed by atoms with Crippen LogP contribution >= 0.6 is 27.5 Å². The van der Waals surface area contributed by atoms with Gasteiger partial charge in [-0.15, -0.1) is 0 Å². The first kappa shape index (κ1) is 21.1. The van der Waals surface area contributed by atoms with E-state index in [9.17, 15) is 4.79 Å². The lowest BCUT2D eigenvalue weighted by Gasteiger charge is -2.28. The molecule has 0 aliphatic rings. The predicted octanol–water partition coefficient (Wildman–Crippen LogP) is 4.82. The Bertz CT molecular complexity index is 1240. The molecular formula is C22H18BrClN6O. The molecule has 156 valence electrons. The van der Waals surface area contributed by atoms with Gasteiger partial charge in [0.2, 0.25) is 0 Å². The first-order chi connectivity index (χ1) is 14.9. The lowest BCUT2D eigenvalue weighted by atomic mass is 10.1. The van der Waals surface area contributed by atoms with E-state index >= 15 is 0 Å². The van der Waals surface area contributed by atoms with Gasteiger partial charge in [0.25, 0.3) is 5.91 Å². The number of pyridine rings is 2. The number of nitrogens with two attached hydrogens (primary N) is 1. The molecule has 0 spiro atoms. The van der Waals surface area contributed by atoms with Crippen molar-refractivity contribution in [2.24, 2.45) is 0 Å². The van der Waals surface area contributed by atoms with E-state index in [4.69, 9.17) is 17.3 Å². The summed E-state index contributed by atoms with van der Waals surface area (Å²) in [5, 5.41) is 1.34. The van der Waals surface area contributed by atoms with E-state index < -0.39 is 0 Å². The van der Waals surface area contributed by atoms with Crippen molar-refractivity contribution in [3.8, 4) is 0 Å². The van der Waals surface area contributed by atoms with Gasteiger partial charge in [-0.2, -0.15) is 0 Å². The Kier molecular flexibility index (Phi) is 6.11. The summed E-state index contributed by atoms with van der Waals surface area (Å²) in [4.78, 5) is 32.6. The number of carbonyl (C=O) groups excluding carboxylic acids is 1. The van der Waals surface area contributed by atoms with Crippen LogP contribution in [0.1, 0.15) is 34.8 Å². The zero-order valence-electron chi connectivity index (χ0n) is 16.5. The van der Waals surface area contributed by atoms with E-state index in [2.05, 4.69) is 35.9 Å². The molecule has 0 saturated heterocycles. The second-order valence-electron chi connectivity index (χ2n) is 6.95. The number of hydrogen-bond acceptors (Lipinski definition) is 6. The number of carbonyl (C=O) groups is 1. The Balaban J connectivity index is 1.72. The Hall–Kier alpha value is -3.10. The summed E-state index contributed by atoms with van der Waals surface area (Å²) in [7, 11) is 0. The average molecular weight is 498 g/mol. The normalized spacial score (nSPS) is 12.0. The number of amides is 1. The van der Waals surface area contributed by atoms with Gasteiger partial charge < -0.3 is 10.6 Å². The maximum Gasteiger partial charge on any atom is 0.254 e. The number of rotatable bonds is 5. The molecule has 1 unspecified atom stereocenters. The summed E-state index contributed by atoms with van der Waals surface area (Å²) >= 11 is 9.36. The van der Waals surface area contributed by atoms with Crippen molar-refractivity contribution in [3.05, 3.63) is 87.6 Å². The van der Waals surface area contributed by atoms with Gasteiger partial charge >= 0.3 is 0 Å². The van der Waals surface area contributed by atoms with Crippen molar-refractivity contribution in [3.63, 3.8) is 0 Å². The molecule has 31 heavy (non-hydrogen) atoms. The fourth-order valence-corrected chi connectivity index (χ4v) is 3.64. The molecule has 9 heteroatoms. The highest BCUT2D eigenvalue weighted by molar-refractivity contribution is 9.10. The molecule has 0 radical (unpaired) electrons. The van der Waals surface area contributed by atoms with E-state index in [1.54, 1.807) is 59.9 Å². The third-order valence-electron chi connectivity index (χ3n) is 4.85. The Morgan fingerprint density at radius 1 is 1.16 bits per heavy atom. The van der Waals surface area contributed by atoms with Crippen molar-refractivity contribution in [1.82, 2.24) is 24.8 Å². The molecule has 2 N–H and O–H groups in total. The third kappa shape index (κ3) is 4.65. The molecule has 0 saturated carbocycles. The van der Waals surface area contributed by atoms with E-state index in [1.807, 2.05) is 13.0 Å². The first-order valence-electron chi connectivity index (χ1n) is 9.46. The van der Waals surface area contributed by atoms with Crippen molar-refractivity contribution >= 4 is 50.2 Å². The van der Waals surface area contributed by atoms with Crippen molar-refractivity contribution in [1.29, 1.82) is 0 Å². The van der Waals surface area contributed by atoms with E-state index in [-0.39, 0.29) is 18.5 Å². The topological polar surface area (TPSA) is 97.9 Å². The number of aromatic nitrogens is 4. The number of fused-ring (bicyclic) bond motifs is 1. The number of nitrogens with zero attached hydrogens (tertiary/aromatic N) is 5. The van der Waals surface area contributed by atoms with Crippen LogP contribution < -0.4 is 5.73 Å². The summed E-state index contributed by atoms with van der Waals surface area (Å²) in [6.45, 7) is 2.17. The average Bonchev–Trinajstić information content (AvgIpc) is 2.79. The maximum absolute atomic E-state index is 13.6. The molecule has 0 aliphatic heterocycles. The highest BCUT2D eigenvalue weighted by Gasteiger charge is 2.25. The van der Waals surface area contributed by atoms with Crippen LogP contribution in [0.15, 0.2) is 65.5 Å². The third-order valence-corrected chi connectivity index (χ3v) is 5.71. The zero-order valence-corrected chi connectivity index (χ0v) is 18.9. The number of benzene rings is 1. The number of anilines is 1. The van der Waals surface area contributed by atoms with Crippen LogP contribution in [-0.4, -0.2) is 30.7 Å². The van der Waals surface area contributed by atoms with Gasteiger partial charge in [0, 0.05) is 29.5 Å². The number of nitrogen functional groups attached to an aromatic ring is 1. The summed E-state index contributed by atoms with van der Waals surface area (Å²) in [5.74, 6) is 0.770. The van der Waals surface area contributed by atoms with Crippen molar-refractivity contribution < 1.29 is 4.79 Å². The predicted molar refractivity (Wildman–Crippen MR) is 123 cm³/mol. The van der Waals surface area contributed by atoms with Gasteiger partial charge in [-0.05, 0) is 65.3 Å². The summed E-state index contributed by atoms with van der Waals surface area (Å²) in [6.07, 6.45) is 4.88. The number of hydrogen-bond donors (Lipinski definition) is 1. The zero-order chi connectivity index (χ0) is 22.0. The van der Waals surface area contributed by atoms with Crippen LogP contribution in [0.5, 0.6) is 0 Å². The Labute approximate surface area is 192 Å². The van der Waals surface area contributed by atoms with Gasteiger partial charge in [0.05, 0.1) is 33.3 Å². The summed E-state index contributed by atoms with van der Waals surface area (Å²) in [6, 6.07) is 12.1. The quantitative estimate of drug-likeness (QED) is 0.424. The van der Waals surface area contributed by atoms with Crippen LogP contribution in [0.3, 0.4) is 0 Å². The van der Waals surface area contributed by atoms with Crippen LogP contribution in [0, 0.1) is 0 Å². The smallest absolute Gasteiger partial charge is 0.254 e. The molecule has 0 fully saturated rings. The van der Waals surface area contributed by atoms with E-state index in [0.29, 0.717) is 37.9 Å². The Morgan fingerprint density at radius 3 is 2.65 bits per heavy atom. The van der Waals surface area contributed by atoms with Crippen LogP contribution in [0.25, 0.3) is 10.9 Å². The minimum Gasteiger partial charge on any atom is -0.383 e. The molecule has 4 aromatic rings. The highest BCUT2D eigenvalue weighted by Crippen LogP contribution is 2.26. The monoisotopic (exact) mass is 496 g/mol. The van der Waals surface area contributed by atoms with Crippen LogP contribution in [0.2, 0.25) is 5.02 Å². The fraction of sp³-hybridized carbons (Fsp3) is 0.136. The molecule has 3 heterocycles. The molecule has 1 atom stereocenters. The molecule has 1 amide bonds.